The van der Waals surface area contributed by atoms with E-state index in [9.17, 15) is 39.6 Å². The summed E-state index contributed by atoms with van der Waals surface area (Å²) in [4.78, 5) is 14.2. The molecular weight excluding hydrogens is 504 g/mol. The van der Waals surface area contributed by atoms with E-state index in [1.165, 1.54) is 0 Å². The zero-order chi connectivity index (χ0) is 26.2. The van der Waals surface area contributed by atoms with Crippen molar-refractivity contribution in [2.24, 2.45) is 7.05 Å². The van der Waals surface area contributed by atoms with Crippen molar-refractivity contribution < 1.29 is 39.6 Å². The second kappa shape index (κ2) is 9.78. The molecule has 1 saturated heterocycles. The number of likely N-dealkylation sites (N-methyl/N-ethyl adjacent to an activating group) is 1. The van der Waals surface area contributed by atoms with Crippen LogP contribution in [-0.2, 0) is 40.8 Å². The number of carbonyl (C=O) groups excluding carboxylic acids is 1. The van der Waals surface area contributed by atoms with E-state index < -0.39 is 63.7 Å². The van der Waals surface area contributed by atoms with Gasteiger partial charge in [0.15, 0.2) is 0 Å². The van der Waals surface area contributed by atoms with Crippen molar-refractivity contribution in [1.29, 1.82) is 0 Å². The molecule has 1 aromatic heterocycles. The first-order valence-electron chi connectivity index (χ1n) is 10.4. The van der Waals surface area contributed by atoms with Crippen molar-refractivity contribution in [3.63, 3.8) is 0 Å². The highest BCUT2D eigenvalue weighted by Gasteiger charge is 2.38. The lowest BCUT2D eigenvalue weighted by Crippen LogP contribution is -2.52. The Bertz CT molecular complexity index is 1150. The molecule has 2 heterocycles. The van der Waals surface area contributed by atoms with Gasteiger partial charge in [-0.15, -0.1) is 0 Å². The average Bonchev–Trinajstić information content (AvgIpc) is 3.11. The summed E-state index contributed by atoms with van der Waals surface area (Å²) in [5, 5.41) is 4.08. The number of nitrogens with one attached hydrogen (secondary N) is 2. The predicted molar refractivity (Wildman–Crippen MR) is 112 cm³/mol. The zero-order valence-electron chi connectivity index (χ0n) is 18.6. The largest absolute Gasteiger partial charge is 0.416 e. The lowest BCUT2D eigenvalue weighted by molar-refractivity contribution is -0.143. The minimum absolute atomic E-state index is 0.0716. The summed E-state index contributed by atoms with van der Waals surface area (Å²) in [5.41, 5.74) is -3.09. The van der Waals surface area contributed by atoms with E-state index in [0.29, 0.717) is 31.5 Å². The monoisotopic (exact) mass is 527 g/mol. The molecule has 3 rings (SSSR count). The second-order valence-corrected chi connectivity index (χ2v) is 9.81. The van der Waals surface area contributed by atoms with Crippen LogP contribution in [0.4, 0.5) is 26.3 Å². The van der Waals surface area contributed by atoms with Crippen molar-refractivity contribution in [2.45, 2.75) is 43.7 Å². The number of amides is 1. The average molecular weight is 527 g/mol. The van der Waals surface area contributed by atoms with Crippen molar-refractivity contribution >= 4 is 16.1 Å². The molecule has 1 aromatic carbocycles. The van der Waals surface area contributed by atoms with E-state index in [2.05, 4.69) is 9.82 Å². The standard InChI is InChI=1S/C20H23F6N5O3S/c1-30-5-3-4-16(18(30)13-10-27-31(2)11-13)28-35(33,34)29-17(32)8-12-6-14(19(21,22)23)9-15(7-12)20(24,25)26/h6-7,9-11,16,18,28H,3-5,8H2,1-2H3,(H,29,32). The van der Waals surface area contributed by atoms with Crippen LogP contribution in [0.1, 0.15) is 41.1 Å². The van der Waals surface area contributed by atoms with Crippen LogP contribution in [0.3, 0.4) is 0 Å². The Morgan fingerprint density at radius 1 is 1.09 bits per heavy atom. The van der Waals surface area contributed by atoms with Crippen LogP contribution >= 0.6 is 0 Å². The highest BCUT2D eigenvalue weighted by atomic mass is 32.2. The minimum atomic E-state index is -5.09. The molecule has 15 heteroatoms. The molecule has 1 fully saturated rings. The summed E-state index contributed by atoms with van der Waals surface area (Å²) >= 11 is 0. The van der Waals surface area contributed by atoms with Gasteiger partial charge in [0.05, 0.1) is 29.8 Å². The molecule has 2 aromatic rings. The molecule has 194 valence electrons. The number of halogens is 6. The molecule has 2 atom stereocenters. The third-order valence-corrected chi connectivity index (χ3v) is 6.62. The maximum atomic E-state index is 13.0. The molecule has 2 N–H and O–H groups in total. The number of aromatic nitrogens is 2. The fourth-order valence-corrected chi connectivity index (χ4v) is 5.17. The maximum Gasteiger partial charge on any atom is 0.416 e. The lowest BCUT2D eigenvalue weighted by Gasteiger charge is -2.38. The Kier molecular flexibility index (Phi) is 7.53. The number of likely N-dealkylation sites (tertiary alicyclic amines) is 1. The highest BCUT2D eigenvalue weighted by Crippen LogP contribution is 2.36. The van der Waals surface area contributed by atoms with Crippen LogP contribution in [0, 0.1) is 0 Å². The normalized spacial score (nSPS) is 20.1. The van der Waals surface area contributed by atoms with E-state index in [1.54, 1.807) is 35.9 Å². The third kappa shape index (κ3) is 6.95. The number of nitrogens with zero attached hydrogens (tertiary/aromatic N) is 3. The molecule has 35 heavy (non-hydrogen) atoms. The van der Waals surface area contributed by atoms with Gasteiger partial charge in [-0.25, -0.2) is 4.72 Å². The predicted octanol–water partition coefficient (Wildman–Crippen LogP) is 2.79. The molecule has 0 aliphatic carbocycles. The Hall–Kier alpha value is -2.65. The Morgan fingerprint density at radius 3 is 2.20 bits per heavy atom. The molecular formula is C20H23F6N5O3S. The lowest BCUT2D eigenvalue weighted by atomic mass is 9.93. The molecule has 0 spiro atoms. The first kappa shape index (κ1) is 26.9. The Labute approximate surface area is 197 Å². The molecule has 2 unspecified atom stereocenters. The quantitative estimate of drug-likeness (QED) is 0.564. The number of alkyl halides is 6. The fourth-order valence-electron chi connectivity index (χ4n) is 4.09. The van der Waals surface area contributed by atoms with Crippen LogP contribution in [0.5, 0.6) is 0 Å². The van der Waals surface area contributed by atoms with Gasteiger partial charge >= 0.3 is 22.6 Å². The van der Waals surface area contributed by atoms with Gasteiger partial charge in [-0.3, -0.25) is 14.4 Å². The number of hydrogen-bond acceptors (Lipinski definition) is 5. The first-order valence-corrected chi connectivity index (χ1v) is 11.8. The van der Waals surface area contributed by atoms with Crippen LogP contribution in [0.25, 0.3) is 0 Å². The van der Waals surface area contributed by atoms with E-state index >= 15 is 0 Å². The van der Waals surface area contributed by atoms with E-state index in [-0.39, 0.29) is 6.07 Å². The van der Waals surface area contributed by atoms with E-state index in [1.807, 2.05) is 4.90 Å². The van der Waals surface area contributed by atoms with Crippen LogP contribution in [-0.4, -0.2) is 48.6 Å². The number of aryl methyl sites for hydroxylation is 1. The molecule has 8 nitrogen and oxygen atoms in total. The molecule has 0 bridgehead atoms. The van der Waals surface area contributed by atoms with Crippen molar-refractivity contribution in [2.75, 3.05) is 13.6 Å². The van der Waals surface area contributed by atoms with E-state index in [4.69, 9.17) is 0 Å². The maximum absolute atomic E-state index is 13.0. The molecule has 1 amide bonds. The van der Waals surface area contributed by atoms with Gasteiger partial charge in [0.25, 0.3) is 0 Å². The zero-order valence-corrected chi connectivity index (χ0v) is 19.4. The summed E-state index contributed by atoms with van der Waals surface area (Å²) < 4.78 is 109. The topological polar surface area (TPSA) is 96.3 Å². The number of benzene rings is 1. The first-order chi connectivity index (χ1) is 16.0. The highest BCUT2D eigenvalue weighted by molar-refractivity contribution is 7.88. The fraction of sp³-hybridized carbons (Fsp3) is 0.500. The molecule has 1 aliphatic rings. The number of carbonyl (C=O) groups is 1. The number of hydrogen-bond donors (Lipinski definition) is 2. The van der Waals surface area contributed by atoms with Crippen LogP contribution < -0.4 is 9.44 Å². The molecule has 1 aliphatic heterocycles. The van der Waals surface area contributed by atoms with Gasteiger partial charge in [-0.1, -0.05) is 0 Å². The Morgan fingerprint density at radius 2 is 1.69 bits per heavy atom. The summed E-state index contributed by atoms with van der Waals surface area (Å²) in [6.07, 6.45) is -6.80. The smallest absolute Gasteiger partial charge is 0.298 e. The van der Waals surface area contributed by atoms with Gasteiger partial charge in [0.2, 0.25) is 5.91 Å². The molecule has 0 radical (unpaired) electrons. The van der Waals surface area contributed by atoms with Gasteiger partial charge in [0.1, 0.15) is 0 Å². The summed E-state index contributed by atoms with van der Waals surface area (Å²) in [6, 6.07) is -0.374. The second-order valence-electron chi connectivity index (χ2n) is 8.36. The summed E-state index contributed by atoms with van der Waals surface area (Å²) in [7, 11) is -0.991. The number of rotatable bonds is 6. The molecule has 0 saturated carbocycles. The van der Waals surface area contributed by atoms with Gasteiger partial charge < -0.3 is 0 Å². The van der Waals surface area contributed by atoms with Crippen LogP contribution in [0.15, 0.2) is 30.6 Å². The van der Waals surface area contributed by atoms with Gasteiger partial charge in [0, 0.05) is 24.8 Å². The van der Waals surface area contributed by atoms with E-state index in [0.717, 1.165) is 5.56 Å². The minimum Gasteiger partial charge on any atom is -0.298 e. The van der Waals surface area contributed by atoms with Gasteiger partial charge in [-0.2, -0.15) is 44.6 Å². The van der Waals surface area contributed by atoms with Crippen LogP contribution in [0.2, 0.25) is 0 Å². The summed E-state index contributed by atoms with van der Waals surface area (Å²) in [5.74, 6) is -1.29. The third-order valence-electron chi connectivity index (χ3n) is 5.52. The Balaban J connectivity index is 1.76. The van der Waals surface area contributed by atoms with Crippen molar-refractivity contribution in [3.05, 3.63) is 52.8 Å². The van der Waals surface area contributed by atoms with Crippen molar-refractivity contribution in [3.8, 4) is 0 Å². The number of piperidine rings is 1. The SMILES string of the molecule is CN1CCCC(NS(=O)(=O)NC(=O)Cc2cc(C(F)(F)F)cc(C(F)(F)F)c2)C1c1cnn(C)c1. The van der Waals surface area contributed by atoms with Crippen molar-refractivity contribution in [1.82, 2.24) is 24.1 Å². The van der Waals surface area contributed by atoms with Gasteiger partial charge in [-0.05, 0) is 50.2 Å². The summed E-state index contributed by atoms with van der Waals surface area (Å²) in [6.45, 7) is 0.682.